The molecule has 0 amide bonds. The Balaban J connectivity index is 2.88. The van der Waals surface area contributed by atoms with Crippen LogP contribution in [-0.2, 0) is 0 Å². The summed E-state index contributed by atoms with van der Waals surface area (Å²) in [4.78, 5) is 10.6. The van der Waals surface area contributed by atoms with E-state index in [0.29, 0.717) is 35.7 Å². The first-order chi connectivity index (χ1) is 7.15. The predicted molar refractivity (Wildman–Crippen MR) is 56.9 cm³/mol. The fourth-order valence-electron chi connectivity index (χ4n) is 1.10. The van der Waals surface area contributed by atoms with Crippen molar-refractivity contribution in [3.05, 3.63) is 29.3 Å². The van der Waals surface area contributed by atoms with E-state index in [1.165, 1.54) is 6.07 Å². The van der Waals surface area contributed by atoms with E-state index in [9.17, 15) is 4.79 Å². The van der Waals surface area contributed by atoms with Gasteiger partial charge in [-0.25, -0.2) is 0 Å². The molecule has 0 saturated heterocycles. The van der Waals surface area contributed by atoms with Crippen molar-refractivity contribution in [2.75, 3.05) is 6.61 Å². The average Bonchev–Trinajstić information content (AvgIpc) is 2.25. The lowest BCUT2D eigenvalue weighted by Gasteiger charge is -2.09. The van der Waals surface area contributed by atoms with Gasteiger partial charge in [0.05, 0.1) is 18.2 Å². The number of ether oxygens (including phenoxy) is 1. The van der Waals surface area contributed by atoms with Gasteiger partial charge in [-0.1, -0.05) is 13.8 Å². The summed E-state index contributed by atoms with van der Waals surface area (Å²) in [5.41, 5.74) is 0.908. The molecule has 3 heteroatoms. The Kier molecular flexibility index (Phi) is 3.87. The van der Waals surface area contributed by atoms with Crippen molar-refractivity contribution in [3.8, 4) is 11.8 Å². The second-order valence-corrected chi connectivity index (χ2v) is 3.73. The Morgan fingerprint density at radius 3 is 2.73 bits per heavy atom. The Bertz CT molecular complexity index is 391. The SMILES string of the molecule is CC(C)COc1cc(C#N)cc(C=O)c1. The molecule has 0 aliphatic carbocycles. The zero-order chi connectivity index (χ0) is 11.3. The molecule has 1 aromatic rings. The first-order valence-electron chi connectivity index (χ1n) is 4.79. The Labute approximate surface area is 89.3 Å². The molecule has 0 bridgehead atoms. The smallest absolute Gasteiger partial charge is 0.150 e. The fraction of sp³-hybridized carbons (Fsp3) is 0.333. The summed E-state index contributed by atoms with van der Waals surface area (Å²) in [6.07, 6.45) is 0.711. The van der Waals surface area contributed by atoms with Crippen LogP contribution in [0.2, 0.25) is 0 Å². The van der Waals surface area contributed by atoms with Crippen LogP contribution in [0.4, 0.5) is 0 Å². The normalized spacial score (nSPS) is 9.73. The average molecular weight is 203 g/mol. The van der Waals surface area contributed by atoms with Gasteiger partial charge in [-0.15, -0.1) is 0 Å². The molecule has 0 aliphatic rings. The summed E-state index contributed by atoms with van der Waals surface area (Å²) in [5.74, 6) is 0.986. The molecule has 0 atom stereocenters. The number of benzene rings is 1. The van der Waals surface area contributed by atoms with Gasteiger partial charge in [0.2, 0.25) is 0 Å². The minimum absolute atomic E-state index is 0.412. The number of nitriles is 1. The van der Waals surface area contributed by atoms with E-state index in [2.05, 4.69) is 0 Å². The molecule has 1 aromatic carbocycles. The molecule has 1 rings (SSSR count). The van der Waals surface area contributed by atoms with Crippen molar-refractivity contribution < 1.29 is 9.53 Å². The topological polar surface area (TPSA) is 50.1 Å². The number of hydrogen-bond acceptors (Lipinski definition) is 3. The number of rotatable bonds is 4. The number of carbonyl (C=O) groups is 1. The number of carbonyl (C=O) groups excluding carboxylic acids is 1. The van der Waals surface area contributed by atoms with Crippen LogP contribution in [0.15, 0.2) is 18.2 Å². The highest BCUT2D eigenvalue weighted by Crippen LogP contribution is 2.16. The third-order valence-electron chi connectivity index (χ3n) is 1.78. The molecule has 0 fully saturated rings. The van der Waals surface area contributed by atoms with Gasteiger partial charge in [0.1, 0.15) is 12.0 Å². The lowest BCUT2D eigenvalue weighted by atomic mass is 10.1. The van der Waals surface area contributed by atoms with Crippen LogP contribution in [0.5, 0.6) is 5.75 Å². The Morgan fingerprint density at radius 2 is 2.20 bits per heavy atom. The summed E-state index contributed by atoms with van der Waals surface area (Å²) < 4.78 is 5.44. The summed E-state index contributed by atoms with van der Waals surface area (Å²) in [5, 5.41) is 8.74. The maximum absolute atomic E-state index is 10.6. The minimum atomic E-state index is 0.412. The summed E-state index contributed by atoms with van der Waals surface area (Å²) in [7, 11) is 0. The van der Waals surface area contributed by atoms with Gasteiger partial charge in [0.15, 0.2) is 0 Å². The molecular weight excluding hydrogens is 190 g/mol. The number of nitrogens with zero attached hydrogens (tertiary/aromatic N) is 1. The highest BCUT2D eigenvalue weighted by atomic mass is 16.5. The lowest BCUT2D eigenvalue weighted by Crippen LogP contribution is -2.04. The van der Waals surface area contributed by atoms with E-state index in [4.69, 9.17) is 10.00 Å². The third-order valence-corrected chi connectivity index (χ3v) is 1.78. The van der Waals surface area contributed by atoms with Crippen LogP contribution in [-0.4, -0.2) is 12.9 Å². The van der Waals surface area contributed by atoms with Crippen molar-refractivity contribution in [1.82, 2.24) is 0 Å². The van der Waals surface area contributed by atoms with Crippen molar-refractivity contribution in [2.45, 2.75) is 13.8 Å². The van der Waals surface area contributed by atoms with Gasteiger partial charge >= 0.3 is 0 Å². The van der Waals surface area contributed by atoms with E-state index in [-0.39, 0.29) is 0 Å². The summed E-state index contributed by atoms with van der Waals surface area (Å²) in [6, 6.07) is 6.80. The van der Waals surface area contributed by atoms with Crippen LogP contribution in [0.3, 0.4) is 0 Å². The van der Waals surface area contributed by atoms with E-state index in [0.717, 1.165) is 0 Å². The molecule has 0 N–H and O–H groups in total. The molecule has 0 radical (unpaired) electrons. The third kappa shape index (κ3) is 3.43. The molecule has 0 aliphatic heterocycles. The van der Waals surface area contributed by atoms with Gasteiger partial charge in [-0.05, 0) is 24.1 Å². The highest BCUT2D eigenvalue weighted by Gasteiger charge is 2.02. The summed E-state index contributed by atoms with van der Waals surface area (Å²) >= 11 is 0. The molecule has 0 unspecified atom stereocenters. The van der Waals surface area contributed by atoms with Crippen LogP contribution < -0.4 is 4.74 Å². The van der Waals surface area contributed by atoms with E-state index in [1.54, 1.807) is 12.1 Å². The van der Waals surface area contributed by atoms with Crippen molar-refractivity contribution in [3.63, 3.8) is 0 Å². The standard InChI is InChI=1S/C12H13NO2/c1-9(2)8-15-12-4-10(6-13)3-11(5-12)7-14/h3-5,7,9H,8H2,1-2H3. The van der Waals surface area contributed by atoms with Crippen LogP contribution in [0.25, 0.3) is 0 Å². The Hall–Kier alpha value is -1.82. The van der Waals surface area contributed by atoms with Crippen LogP contribution in [0, 0.1) is 17.2 Å². The second-order valence-electron chi connectivity index (χ2n) is 3.73. The van der Waals surface area contributed by atoms with Gasteiger partial charge in [0.25, 0.3) is 0 Å². The maximum Gasteiger partial charge on any atom is 0.150 e. The molecule has 0 spiro atoms. The molecule has 3 nitrogen and oxygen atoms in total. The minimum Gasteiger partial charge on any atom is -0.493 e. The van der Waals surface area contributed by atoms with Gasteiger partial charge in [-0.2, -0.15) is 5.26 Å². The Morgan fingerprint density at radius 1 is 1.47 bits per heavy atom. The van der Waals surface area contributed by atoms with Gasteiger partial charge in [0, 0.05) is 5.56 Å². The molecule has 15 heavy (non-hydrogen) atoms. The van der Waals surface area contributed by atoms with E-state index < -0.39 is 0 Å². The largest absolute Gasteiger partial charge is 0.493 e. The maximum atomic E-state index is 10.6. The first-order valence-corrected chi connectivity index (χ1v) is 4.79. The number of hydrogen-bond donors (Lipinski definition) is 0. The second kappa shape index (κ2) is 5.16. The van der Waals surface area contributed by atoms with Crippen molar-refractivity contribution >= 4 is 6.29 Å². The van der Waals surface area contributed by atoms with Crippen molar-refractivity contribution in [2.24, 2.45) is 5.92 Å². The first kappa shape index (κ1) is 11.3. The van der Waals surface area contributed by atoms with Gasteiger partial charge in [-0.3, -0.25) is 4.79 Å². The van der Waals surface area contributed by atoms with E-state index in [1.807, 2.05) is 19.9 Å². The molecule has 0 heterocycles. The fourth-order valence-corrected chi connectivity index (χ4v) is 1.10. The zero-order valence-corrected chi connectivity index (χ0v) is 8.86. The summed E-state index contributed by atoms with van der Waals surface area (Å²) in [6.45, 7) is 4.65. The van der Waals surface area contributed by atoms with Crippen LogP contribution in [0.1, 0.15) is 29.8 Å². The highest BCUT2D eigenvalue weighted by molar-refractivity contribution is 5.76. The van der Waals surface area contributed by atoms with Crippen LogP contribution >= 0.6 is 0 Å². The van der Waals surface area contributed by atoms with E-state index >= 15 is 0 Å². The number of aldehydes is 1. The van der Waals surface area contributed by atoms with Gasteiger partial charge < -0.3 is 4.74 Å². The molecular formula is C12H13NO2. The molecule has 0 saturated carbocycles. The predicted octanol–water partition coefficient (Wildman–Crippen LogP) is 2.41. The lowest BCUT2D eigenvalue weighted by molar-refractivity contribution is 0.112. The van der Waals surface area contributed by atoms with Crippen molar-refractivity contribution in [1.29, 1.82) is 5.26 Å². The monoisotopic (exact) mass is 203 g/mol. The molecule has 78 valence electrons. The quantitative estimate of drug-likeness (QED) is 0.706. The molecule has 0 aromatic heterocycles. The zero-order valence-electron chi connectivity index (χ0n) is 8.86.